The molecule has 1 atom stereocenters. The van der Waals surface area contributed by atoms with Crippen LogP contribution in [0, 0.1) is 6.92 Å². The van der Waals surface area contributed by atoms with E-state index >= 15 is 0 Å². The Morgan fingerprint density at radius 1 is 1.08 bits per heavy atom. The number of fused-ring (bicyclic) bond motifs is 1. The first-order valence-corrected chi connectivity index (χ1v) is 8.56. The van der Waals surface area contributed by atoms with Gasteiger partial charge >= 0.3 is 0 Å². The van der Waals surface area contributed by atoms with Crippen LogP contribution in [0.2, 0.25) is 0 Å². The van der Waals surface area contributed by atoms with Crippen LogP contribution in [0.4, 0.5) is 0 Å². The summed E-state index contributed by atoms with van der Waals surface area (Å²) in [6.07, 6.45) is 1.79. The number of hydrogen-bond acceptors (Lipinski definition) is 5. The van der Waals surface area contributed by atoms with Crippen molar-refractivity contribution in [3.63, 3.8) is 0 Å². The van der Waals surface area contributed by atoms with E-state index in [1.165, 1.54) is 0 Å². The summed E-state index contributed by atoms with van der Waals surface area (Å²) in [6, 6.07) is 13.7. The number of morpholine rings is 1. The van der Waals surface area contributed by atoms with Crippen LogP contribution in [0.1, 0.15) is 23.0 Å². The summed E-state index contributed by atoms with van der Waals surface area (Å²) >= 11 is 0. The van der Waals surface area contributed by atoms with Gasteiger partial charge in [0, 0.05) is 35.9 Å². The fourth-order valence-corrected chi connectivity index (χ4v) is 3.42. The van der Waals surface area contributed by atoms with Crippen molar-refractivity contribution < 1.29 is 9.84 Å². The van der Waals surface area contributed by atoms with Crippen LogP contribution in [0.25, 0.3) is 10.9 Å². The summed E-state index contributed by atoms with van der Waals surface area (Å²) in [5.41, 5.74) is 3.30. The number of nitrogens with zero attached hydrogens (tertiary/aromatic N) is 3. The summed E-state index contributed by atoms with van der Waals surface area (Å²) in [7, 11) is 0. The molecule has 4 rings (SSSR count). The number of benzene rings is 1. The molecule has 1 aliphatic heterocycles. The summed E-state index contributed by atoms with van der Waals surface area (Å²) in [4.78, 5) is 11.4. The van der Waals surface area contributed by atoms with Crippen molar-refractivity contribution in [3.8, 4) is 5.75 Å². The van der Waals surface area contributed by atoms with Crippen molar-refractivity contribution in [3.05, 3.63) is 65.6 Å². The number of phenols is 1. The first-order valence-electron chi connectivity index (χ1n) is 8.56. The number of hydrogen-bond donors (Lipinski definition) is 1. The first kappa shape index (κ1) is 16.0. The van der Waals surface area contributed by atoms with Gasteiger partial charge in [-0.05, 0) is 25.1 Å². The molecule has 3 aromatic rings. The van der Waals surface area contributed by atoms with E-state index in [0.29, 0.717) is 18.7 Å². The lowest BCUT2D eigenvalue weighted by atomic mass is 9.97. The minimum absolute atomic E-state index is 0.114. The average molecular weight is 335 g/mol. The van der Waals surface area contributed by atoms with Crippen molar-refractivity contribution in [1.82, 2.24) is 14.9 Å². The second kappa shape index (κ2) is 6.78. The fraction of sp³-hybridized carbons (Fsp3) is 0.300. The topological polar surface area (TPSA) is 58.5 Å². The Kier molecular flexibility index (Phi) is 4.34. The number of ether oxygens (including phenoxy) is 1. The van der Waals surface area contributed by atoms with Crippen molar-refractivity contribution in [2.45, 2.75) is 13.0 Å². The third-order valence-electron chi connectivity index (χ3n) is 4.68. The quantitative estimate of drug-likeness (QED) is 0.797. The summed E-state index contributed by atoms with van der Waals surface area (Å²) < 4.78 is 5.50. The minimum Gasteiger partial charge on any atom is -0.505 e. The Morgan fingerprint density at radius 2 is 1.88 bits per heavy atom. The zero-order valence-electron chi connectivity index (χ0n) is 14.2. The Balaban J connectivity index is 1.86. The molecule has 25 heavy (non-hydrogen) atoms. The molecule has 2 aromatic heterocycles. The predicted molar refractivity (Wildman–Crippen MR) is 96.6 cm³/mol. The van der Waals surface area contributed by atoms with Gasteiger partial charge in [0.1, 0.15) is 11.3 Å². The number of aromatic hydroxyl groups is 1. The number of aromatic nitrogens is 2. The zero-order valence-corrected chi connectivity index (χ0v) is 14.2. The van der Waals surface area contributed by atoms with E-state index in [1.807, 2.05) is 49.4 Å². The fourth-order valence-electron chi connectivity index (χ4n) is 3.42. The summed E-state index contributed by atoms with van der Waals surface area (Å²) in [6.45, 7) is 4.92. The molecule has 5 heteroatoms. The second-order valence-electron chi connectivity index (χ2n) is 6.33. The van der Waals surface area contributed by atoms with Crippen LogP contribution in [-0.4, -0.2) is 46.3 Å². The molecule has 0 aliphatic carbocycles. The summed E-state index contributed by atoms with van der Waals surface area (Å²) in [5.74, 6) is 0.239. The minimum atomic E-state index is -0.114. The molecule has 1 N–H and O–H groups in total. The van der Waals surface area contributed by atoms with Gasteiger partial charge in [-0.25, -0.2) is 4.98 Å². The Hall–Kier alpha value is -2.50. The maximum atomic E-state index is 11.0. The highest BCUT2D eigenvalue weighted by Gasteiger charge is 2.28. The number of pyridine rings is 2. The standard InChI is InChI=1S/C20H21N3O2/c1-14-5-6-15-7-8-16(20(24)18(15)22-14)19(17-4-2-3-9-21-17)23-10-12-25-13-11-23/h2-9,19,24H,10-13H2,1H3. The Bertz CT molecular complexity index is 877. The van der Waals surface area contributed by atoms with Crippen LogP contribution in [-0.2, 0) is 4.74 Å². The van der Waals surface area contributed by atoms with Gasteiger partial charge < -0.3 is 9.84 Å². The van der Waals surface area contributed by atoms with Gasteiger partial charge in [0.25, 0.3) is 0 Å². The highest BCUT2D eigenvalue weighted by Crippen LogP contribution is 2.37. The maximum absolute atomic E-state index is 11.0. The van der Waals surface area contributed by atoms with Gasteiger partial charge in [0.05, 0.1) is 24.9 Å². The van der Waals surface area contributed by atoms with Gasteiger partial charge in [-0.3, -0.25) is 9.88 Å². The van der Waals surface area contributed by atoms with Crippen LogP contribution in [0.5, 0.6) is 5.75 Å². The number of aryl methyl sites for hydroxylation is 1. The highest BCUT2D eigenvalue weighted by atomic mass is 16.5. The Morgan fingerprint density at radius 3 is 2.64 bits per heavy atom. The van der Waals surface area contributed by atoms with E-state index in [4.69, 9.17) is 4.74 Å². The van der Waals surface area contributed by atoms with Crippen molar-refractivity contribution >= 4 is 10.9 Å². The third-order valence-corrected chi connectivity index (χ3v) is 4.68. The molecular formula is C20H21N3O2. The SMILES string of the molecule is Cc1ccc2ccc(C(c3ccccn3)N3CCOCC3)c(O)c2n1. The van der Waals surface area contributed by atoms with Crippen LogP contribution < -0.4 is 0 Å². The van der Waals surface area contributed by atoms with Gasteiger partial charge in [-0.15, -0.1) is 0 Å². The molecule has 3 heterocycles. The molecule has 1 aromatic carbocycles. The molecule has 0 saturated carbocycles. The molecule has 128 valence electrons. The van der Waals surface area contributed by atoms with Crippen molar-refractivity contribution in [1.29, 1.82) is 0 Å². The lowest BCUT2D eigenvalue weighted by Crippen LogP contribution is -2.39. The van der Waals surface area contributed by atoms with Gasteiger partial charge in [0.15, 0.2) is 0 Å². The van der Waals surface area contributed by atoms with Crippen LogP contribution in [0.3, 0.4) is 0 Å². The maximum Gasteiger partial charge on any atom is 0.146 e. The lowest BCUT2D eigenvalue weighted by molar-refractivity contribution is 0.0229. The van der Waals surface area contributed by atoms with Crippen molar-refractivity contribution in [2.24, 2.45) is 0 Å². The molecule has 0 radical (unpaired) electrons. The van der Waals surface area contributed by atoms with E-state index in [2.05, 4.69) is 14.9 Å². The van der Waals surface area contributed by atoms with E-state index < -0.39 is 0 Å². The molecule has 0 spiro atoms. The first-order chi connectivity index (χ1) is 12.2. The monoisotopic (exact) mass is 335 g/mol. The average Bonchev–Trinajstić information content (AvgIpc) is 2.66. The third kappa shape index (κ3) is 3.08. The molecule has 1 aliphatic rings. The molecule has 1 saturated heterocycles. The van der Waals surface area contributed by atoms with E-state index in [9.17, 15) is 5.11 Å². The molecule has 0 amide bonds. The molecule has 0 bridgehead atoms. The van der Waals surface area contributed by atoms with E-state index in [0.717, 1.165) is 35.4 Å². The van der Waals surface area contributed by atoms with Crippen LogP contribution >= 0.6 is 0 Å². The number of phenolic OH excluding ortho intramolecular Hbond substituents is 1. The zero-order chi connectivity index (χ0) is 17.2. The van der Waals surface area contributed by atoms with Gasteiger partial charge in [-0.1, -0.05) is 24.3 Å². The van der Waals surface area contributed by atoms with Crippen molar-refractivity contribution in [2.75, 3.05) is 26.3 Å². The smallest absolute Gasteiger partial charge is 0.146 e. The normalized spacial score (nSPS) is 16.8. The van der Waals surface area contributed by atoms with E-state index in [1.54, 1.807) is 6.20 Å². The van der Waals surface area contributed by atoms with Crippen LogP contribution in [0.15, 0.2) is 48.7 Å². The Labute approximate surface area is 146 Å². The number of rotatable bonds is 3. The highest BCUT2D eigenvalue weighted by molar-refractivity contribution is 5.86. The molecule has 1 fully saturated rings. The van der Waals surface area contributed by atoms with Gasteiger partial charge in [-0.2, -0.15) is 0 Å². The largest absolute Gasteiger partial charge is 0.505 e. The predicted octanol–water partition coefficient (Wildman–Crippen LogP) is 3.07. The molecular weight excluding hydrogens is 314 g/mol. The van der Waals surface area contributed by atoms with E-state index in [-0.39, 0.29) is 11.8 Å². The summed E-state index contributed by atoms with van der Waals surface area (Å²) in [5, 5.41) is 11.9. The van der Waals surface area contributed by atoms with Gasteiger partial charge in [0.2, 0.25) is 0 Å². The molecule has 5 nitrogen and oxygen atoms in total. The second-order valence-corrected chi connectivity index (χ2v) is 6.33. The molecule has 1 unspecified atom stereocenters. The lowest BCUT2D eigenvalue weighted by Gasteiger charge is -2.34.